The fourth-order valence-electron chi connectivity index (χ4n) is 5.39. The van der Waals surface area contributed by atoms with Crippen LogP contribution in [0.5, 0.6) is 11.5 Å². The highest BCUT2D eigenvalue weighted by atomic mass is 16.5. The van der Waals surface area contributed by atoms with Gasteiger partial charge in [0, 0.05) is 26.1 Å². The number of nitrogens with zero attached hydrogens (tertiary/aromatic N) is 3. The number of benzene rings is 3. The van der Waals surface area contributed by atoms with Crippen LogP contribution in [-0.2, 0) is 16.0 Å². The number of carbonyl (C=O) groups is 3. The molecule has 0 spiro atoms. The van der Waals surface area contributed by atoms with Gasteiger partial charge in [-0.25, -0.2) is 4.79 Å². The zero-order valence-electron chi connectivity index (χ0n) is 23.9. The summed E-state index contributed by atoms with van der Waals surface area (Å²) in [6, 6.07) is 24.9. The van der Waals surface area contributed by atoms with Crippen molar-refractivity contribution in [1.82, 2.24) is 20.0 Å². The molecule has 212 valence electrons. The molecule has 3 aromatic rings. The monoisotopic (exact) mass is 552 g/mol. The Bertz CT molecular complexity index is 1450. The summed E-state index contributed by atoms with van der Waals surface area (Å²) in [6.07, 6.45) is 0.377. The molecular formula is C33H36N4O4. The number of para-hydroxylation sites is 1. The van der Waals surface area contributed by atoms with Crippen LogP contribution in [0.2, 0.25) is 0 Å². The lowest BCUT2D eigenvalue weighted by Gasteiger charge is -2.33. The second-order valence-electron chi connectivity index (χ2n) is 10.7. The first-order valence-corrected chi connectivity index (χ1v) is 14.0. The molecule has 0 aliphatic carbocycles. The zero-order chi connectivity index (χ0) is 29.1. The third-order valence-electron chi connectivity index (χ3n) is 7.79. The molecule has 41 heavy (non-hydrogen) atoms. The predicted octanol–water partition coefficient (Wildman–Crippen LogP) is 5.14. The molecule has 0 bridgehead atoms. The molecule has 2 aliphatic rings. The molecule has 3 aromatic carbocycles. The van der Waals surface area contributed by atoms with Crippen molar-refractivity contribution in [1.29, 1.82) is 0 Å². The van der Waals surface area contributed by atoms with E-state index in [4.69, 9.17) is 4.74 Å². The van der Waals surface area contributed by atoms with E-state index in [1.54, 1.807) is 21.7 Å². The van der Waals surface area contributed by atoms with Crippen molar-refractivity contribution in [2.75, 3.05) is 20.1 Å². The average Bonchev–Trinajstić information content (AvgIpc) is 3.32. The lowest BCUT2D eigenvalue weighted by Crippen LogP contribution is -2.51. The largest absolute Gasteiger partial charge is 0.457 e. The fraction of sp³-hybridized carbons (Fsp3) is 0.303. The van der Waals surface area contributed by atoms with Crippen molar-refractivity contribution in [2.45, 2.75) is 45.3 Å². The second-order valence-corrected chi connectivity index (χ2v) is 10.7. The number of carbonyl (C=O) groups excluding carboxylic acids is 3. The molecular weight excluding hydrogens is 516 g/mol. The van der Waals surface area contributed by atoms with Gasteiger partial charge in [-0.15, -0.1) is 0 Å². The highest BCUT2D eigenvalue weighted by Crippen LogP contribution is 2.38. The SMILES string of the molecule is CCN1C(=O)N[C@@H](c2cccc(Oc3ccccc3)c2)C2=C1CN([C@@H](Cc1ccccc1)C(=O)N(C)C(C)C)C2=O. The highest BCUT2D eigenvalue weighted by Gasteiger charge is 2.47. The molecule has 0 unspecified atom stereocenters. The molecule has 0 radical (unpaired) electrons. The summed E-state index contributed by atoms with van der Waals surface area (Å²) in [5.41, 5.74) is 2.82. The van der Waals surface area contributed by atoms with Crippen molar-refractivity contribution < 1.29 is 19.1 Å². The first-order valence-electron chi connectivity index (χ1n) is 14.0. The van der Waals surface area contributed by atoms with Crippen LogP contribution in [0.4, 0.5) is 4.79 Å². The Hall–Kier alpha value is -4.59. The molecule has 4 amide bonds. The molecule has 0 aromatic heterocycles. The molecule has 0 fully saturated rings. The van der Waals surface area contributed by atoms with E-state index in [1.165, 1.54) is 0 Å². The lowest BCUT2D eigenvalue weighted by molar-refractivity contribution is -0.143. The molecule has 2 atom stereocenters. The standard InChI is InChI=1S/C33H36N4O4/c1-5-36-28-21-37(27(31(38)35(4)22(2)3)19-23-13-8-6-9-14-23)32(39)29(28)30(34-33(36)40)24-15-12-18-26(20-24)41-25-16-10-7-11-17-25/h6-18,20,22,27,30H,5,19,21H2,1-4H3,(H,34,40)/t27-,30-/m0/s1. The first-order chi connectivity index (χ1) is 19.8. The summed E-state index contributed by atoms with van der Waals surface area (Å²) >= 11 is 0. The van der Waals surface area contributed by atoms with E-state index in [0.29, 0.717) is 35.7 Å². The van der Waals surface area contributed by atoms with Crippen molar-refractivity contribution in [3.8, 4) is 11.5 Å². The van der Waals surface area contributed by atoms with E-state index in [0.717, 1.165) is 11.1 Å². The quantitative estimate of drug-likeness (QED) is 0.399. The number of likely N-dealkylation sites (N-methyl/N-ethyl adjacent to an activating group) is 2. The van der Waals surface area contributed by atoms with E-state index < -0.39 is 12.1 Å². The lowest BCUT2D eigenvalue weighted by atomic mass is 9.95. The van der Waals surface area contributed by atoms with Crippen LogP contribution >= 0.6 is 0 Å². The Morgan fingerprint density at radius 3 is 2.29 bits per heavy atom. The summed E-state index contributed by atoms with van der Waals surface area (Å²) in [7, 11) is 1.77. The average molecular weight is 553 g/mol. The molecule has 0 saturated carbocycles. The predicted molar refractivity (Wildman–Crippen MR) is 157 cm³/mol. The summed E-state index contributed by atoms with van der Waals surface area (Å²) in [5, 5.41) is 3.04. The van der Waals surface area contributed by atoms with Gasteiger partial charge in [0.25, 0.3) is 5.91 Å². The summed E-state index contributed by atoms with van der Waals surface area (Å²) in [4.78, 5) is 46.3. The maximum absolute atomic E-state index is 14.3. The number of rotatable bonds is 9. The molecule has 8 heteroatoms. The van der Waals surface area contributed by atoms with E-state index >= 15 is 0 Å². The zero-order valence-corrected chi connectivity index (χ0v) is 23.9. The third-order valence-corrected chi connectivity index (χ3v) is 7.79. The van der Waals surface area contributed by atoms with Crippen LogP contribution < -0.4 is 10.1 Å². The number of hydrogen-bond acceptors (Lipinski definition) is 4. The van der Waals surface area contributed by atoms with Gasteiger partial charge >= 0.3 is 6.03 Å². The molecule has 2 aliphatic heterocycles. The van der Waals surface area contributed by atoms with E-state index in [9.17, 15) is 14.4 Å². The summed E-state index contributed by atoms with van der Waals surface area (Å²) in [6.45, 7) is 6.37. The van der Waals surface area contributed by atoms with Gasteiger partial charge in [-0.3, -0.25) is 14.5 Å². The van der Waals surface area contributed by atoms with Crippen molar-refractivity contribution in [3.05, 3.63) is 107 Å². The maximum Gasteiger partial charge on any atom is 0.322 e. The third kappa shape index (κ3) is 5.68. The Balaban J connectivity index is 1.51. The van der Waals surface area contributed by atoms with Gasteiger partial charge in [0.1, 0.15) is 17.5 Å². The molecule has 0 saturated heterocycles. The highest BCUT2D eigenvalue weighted by molar-refractivity contribution is 6.03. The first kappa shape index (κ1) is 28.0. The number of nitrogens with one attached hydrogen (secondary N) is 1. The summed E-state index contributed by atoms with van der Waals surface area (Å²) < 4.78 is 6.04. The normalized spacial score (nSPS) is 17.4. The van der Waals surface area contributed by atoms with Gasteiger partial charge in [-0.2, -0.15) is 0 Å². The second kappa shape index (κ2) is 11.9. The van der Waals surface area contributed by atoms with Crippen LogP contribution in [0.3, 0.4) is 0 Å². The van der Waals surface area contributed by atoms with Crippen LogP contribution in [0.1, 0.15) is 37.9 Å². The maximum atomic E-state index is 14.3. The minimum atomic E-state index is -0.717. The van der Waals surface area contributed by atoms with Crippen molar-refractivity contribution >= 4 is 17.8 Å². The number of hydrogen-bond donors (Lipinski definition) is 1. The number of amides is 4. The van der Waals surface area contributed by atoms with E-state index in [2.05, 4.69) is 5.32 Å². The number of ether oxygens (including phenoxy) is 1. The van der Waals surface area contributed by atoms with Gasteiger partial charge in [0.15, 0.2) is 0 Å². The van der Waals surface area contributed by atoms with Crippen LogP contribution in [0, 0.1) is 0 Å². The van der Waals surface area contributed by atoms with Gasteiger partial charge in [-0.05, 0) is 56.2 Å². The minimum absolute atomic E-state index is 0.0310. The van der Waals surface area contributed by atoms with Gasteiger partial charge in [0.2, 0.25) is 5.91 Å². The smallest absolute Gasteiger partial charge is 0.322 e. The van der Waals surface area contributed by atoms with Crippen LogP contribution in [-0.4, -0.2) is 64.8 Å². The Morgan fingerprint density at radius 2 is 1.63 bits per heavy atom. The summed E-state index contributed by atoms with van der Waals surface area (Å²) in [5.74, 6) is 0.911. The van der Waals surface area contributed by atoms with Crippen molar-refractivity contribution in [2.24, 2.45) is 0 Å². The van der Waals surface area contributed by atoms with Crippen molar-refractivity contribution in [3.63, 3.8) is 0 Å². The minimum Gasteiger partial charge on any atom is -0.457 e. The van der Waals surface area contributed by atoms with Gasteiger partial charge in [0.05, 0.1) is 23.9 Å². The molecule has 5 rings (SSSR count). The van der Waals surface area contributed by atoms with Crippen LogP contribution in [0.15, 0.2) is 96.2 Å². The Morgan fingerprint density at radius 1 is 0.976 bits per heavy atom. The Kier molecular flexibility index (Phi) is 8.10. The van der Waals surface area contributed by atoms with Crippen LogP contribution in [0.25, 0.3) is 0 Å². The molecule has 2 heterocycles. The van der Waals surface area contributed by atoms with E-state index in [-0.39, 0.29) is 30.4 Å². The topological polar surface area (TPSA) is 82.2 Å². The van der Waals surface area contributed by atoms with Gasteiger partial charge in [-0.1, -0.05) is 60.7 Å². The fourth-order valence-corrected chi connectivity index (χ4v) is 5.39. The van der Waals surface area contributed by atoms with Gasteiger partial charge < -0.3 is 19.9 Å². The molecule has 8 nitrogen and oxygen atoms in total. The Labute approximate surface area is 241 Å². The van der Waals surface area contributed by atoms with E-state index in [1.807, 2.05) is 106 Å². The molecule has 1 N–H and O–H groups in total. The number of urea groups is 1.